The molecule has 1 heterocycles. The lowest BCUT2D eigenvalue weighted by atomic mass is 10.1. The fourth-order valence-corrected chi connectivity index (χ4v) is 2.28. The Kier molecular flexibility index (Phi) is 4.21. The monoisotopic (exact) mass is 270 g/mol. The zero-order valence-electron chi connectivity index (χ0n) is 11.3. The number of nitrogen functional groups attached to an aromatic ring is 1. The van der Waals surface area contributed by atoms with E-state index in [1.165, 1.54) is 6.07 Å². The number of hydrogen-bond donors (Lipinski definition) is 2. The van der Waals surface area contributed by atoms with E-state index < -0.39 is 11.6 Å². The smallest absolute Gasteiger partial charge is 0.151 e. The number of nitrogens with two attached hydrogens (primary N) is 1. The zero-order valence-corrected chi connectivity index (χ0v) is 11.3. The van der Waals surface area contributed by atoms with E-state index in [1.807, 2.05) is 0 Å². The minimum absolute atomic E-state index is 0.0341. The fraction of sp³-hybridized carbons (Fsp3) is 0.538. The Hall–Kier alpha value is -1.40. The van der Waals surface area contributed by atoms with Crippen molar-refractivity contribution in [2.24, 2.45) is 0 Å². The first-order chi connectivity index (χ1) is 8.97. The van der Waals surface area contributed by atoms with Gasteiger partial charge in [0.25, 0.3) is 0 Å². The first-order valence-electron chi connectivity index (χ1n) is 6.34. The summed E-state index contributed by atoms with van der Waals surface area (Å²) in [6.07, 6.45) is 0. The highest BCUT2D eigenvalue weighted by Gasteiger charge is 2.22. The Bertz CT molecular complexity index is 453. The molecule has 0 saturated carbocycles. The summed E-state index contributed by atoms with van der Waals surface area (Å²) >= 11 is 0. The normalized spacial score (nSPS) is 21.6. The molecule has 0 spiro atoms. The van der Waals surface area contributed by atoms with Crippen LogP contribution in [0.25, 0.3) is 0 Å². The minimum atomic E-state index is -0.725. The maximum Gasteiger partial charge on any atom is 0.151 e. The zero-order chi connectivity index (χ0) is 14.0. The van der Waals surface area contributed by atoms with Gasteiger partial charge in [-0.1, -0.05) is 0 Å². The number of nitrogens with one attached hydrogen (secondary N) is 1. The van der Waals surface area contributed by atoms with Crippen molar-refractivity contribution in [3.05, 3.63) is 23.8 Å². The van der Waals surface area contributed by atoms with Crippen molar-refractivity contribution in [1.82, 2.24) is 9.80 Å². The number of hydrogen-bond acceptors (Lipinski definition) is 4. The van der Waals surface area contributed by atoms with E-state index in [2.05, 4.69) is 29.2 Å². The van der Waals surface area contributed by atoms with Crippen LogP contribution in [-0.2, 0) is 0 Å². The molecule has 1 fully saturated rings. The first-order valence-corrected chi connectivity index (χ1v) is 6.34. The van der Waals surface area contributed by atoms with Crippen molar-refractivity contribution in [1.29, 1.82) is 0 Å². The molecular weight excluding hydrogens is 250 g/mol. The van der Waals surface area contributed by atoms with Crippen LogP contribution in [0, 0.1) is 11.6 Å². The van der Waals surface area contributed by atoms with Gasteiger partial charge in [-0.05, 0) is 20.2 Å². The number of benzene rings is 1. The number of anilines is 2. The largest absolute Gasteiger partial charge is 0.395 e. The lowest BCUT2D eigenvalue weighted by molar-refractivity contribution is 0.122. The van der Waals surface area contributed by atoms with Crippen LogP contribution in [-0.4, -0.2) is 56.1 Å². The fourth-order valence-electron chi connectivity index (χ4n) is 2.28. The molecule has 19 heavy (non-hydrogen) atoms. The highest BCUT2D eigenvalue weighted by Crippen LogP contribution is 2.23. The molecule has 6 heteroatoms. The van der Waals surface area contributed by atoms with Crippen LogP contribution in [0.1, 0.15) is 0 Å². The highest BCUT2D eigenvalue weighted by atomic mass is 19.1. The van der Waals surface area contributed by atoms with Gasteiger partial charge in [0.2, 0.25) is 0 Å². The molecule has 0 amide bonds. The van der Waals surface area contributed by atoms with E-state index >= 15 is 0 Å². The summed E-state index contributed by atoms with van der Waals surface area (Å²) in [5, 5.41) is 3.04. The van der Waals surface area contributed by atoms with Crippen LogP contribution in [0.15, 0.2) is 12.1 Å². The van der Waals surface area contributed by atoms with E-state index in [4.69, 9.17) is 5.73 Å². The summed E-state index contributed by atoms with van der Waals surface area (Å²) in [6, 6.07) is 2.32. The molecule has 1 atom stereocenters. The highest BCUT2D eigenvalue weighted by molar-refractivity contribution is 5.66. The Balaban J connectivity index is 2.02. The molecule has 1 aromatic carbocycles. The summed E-state index contributed by atoms with van der Waals surface area (Å²) < 4.78 is 26.5. The van der Waals surface area contributed by atoms with Gasteiger partial charge in [-0.15, -0.1) is 0 Å². The van der Waals surface area contributed by atoms with Gasteiger partial charge >= 0.3 is 0 Å². The molecule has 2 rings (SSSR count). The third kappa shape index (κ3) is 3.33. The van der Waals surface area contributed by atoms with Crippen LogP contribution >= 0.6 is 0 Å². The molecule has 1 aromatic rings. The summed E-state index contributed by atoms with van der Waals surface area (Å²) in [6.45, 7) is 3.54. The third-order valence-electron chi connectivity index (χ3n) is 3.60. The predicted octanol–water partition coefficient (Wildman–Crippen LogP) is 1.20. The third-order valence-corrected chi connectivity index (χ3v) is 3.60. The number of piperazine rings is 1. The second kappa shape index (κ2) is 5.71. The average Bonchev–Trinajstić information content (AvgIpc) is 2.35. The van der Waals surface area contributed by atoms with Crippen LogP contribution in [0.5, 0.6) is 0 Å². The minimum Gasteiger partial charge on any atom is -0.395 e. The topological polar surface area (TPSA) is 44.5 Å². The van der Waals surface area contributed by atoms with Crippen LogP contribution < -0.4 is 11.1 Å². The van der Waals surface area contributed by atoms with Crippen LogP contribution in [0.2, 0.25) is 0 Å². The molecule has 1 aliphatic heterocycles. The standard InChI is InChI=1S/C13H20F2N4/c1-18-3-4-19(2)10(8-18)7-17-12-6-9(14)5-11(15)13(12)16/h5-6,10,17H,3-4,7-8,16H2,1-2H3. The van der Waals surface area contributed by atoms with Gasteiger partial charge in [0.15, 0.2) is 5.82 Å². The summed E-state index contributed by atoms with van der Waals surface area (Å²) in [5.41, 5.74) is 5.89. The van der Waals surface area contributed by atoms with E-state index in [-0.39, 0.29) is 5.69 Å². The molecule has 4 nitrogen and oxygen atoms in total. The van der Waals surface area contributed by atoms with Gasteiger partial charge in [0, 0.05) is 38.3 Å². The summed E-state index contributed by atoms with van der Waals surface area (Å²) in [4.78, 5) is 4.47. The molecule has 3 N–H and O–H groups in total. The van der Waals surface area contributed by atoms with E-state index in [1.54, 1.807) is 0 Å². The first kappa shape index (κ1) is 14.0. The van der Waals surface area contributed by atoms with Crippen molar-refractivity contribution < 1.29 is 8.78 Å². The molecule has 1 unspecified atom stereocenters. The van der Waals surface area contributed by atoms with Crippen LogP contribution in [0.3, 0.4) is 0 Å². The van der Waals surface area contributed by atoms with Crippen LogP contribution in [0.4, 0.5) is 20.2 Å². The quantitative estimate of drug-likeness (QED) is 0.810. The maximum absolute atomic E-state index is 13.3. The number of rotatable bonds is 3. The Morgan fingerprint density at radius 3 is 2.79 bits per heavy atom. The molecular formula is C13H20F2N4. The average molecular weight is 270 g/mol. The number of nitrogens with zero attached hydrogens (tertiary/aromatic N) is 2. The molecule has 0 bridgehead atoms. The summed E-state index contributed by atoms with van der Waals surface area (Å²) in [5.74, 6) is -1.35. The molecule has 0 aliphatic carbocycles. The molecule has 1 saturated heterocycles. The van der Waals surface area contributed by atoms with E-state index in [0.717, 1.165) is 25.7 Å². The molecule has 1 aliphatic rings. The van der Waals surface area contributed by atoms with Gasteiger partial charge in [0.1, 0.15) is 5.82 Å². The molecule has 0 radical (unpaired) electrons. The van der Waals surface area contributed by atoms with E-state index in [9.17, 15) is 8.78 Å². The predicted molar refractivity (Wildman–Crippen MR) is 73.2 cm³/mol. The number of likely N-dealkylation sites (N-methyl/N-ethyl adjacent to an activating group) is 2. The van der Waals surface area contributed by atoms with Gasteiger partial charge in [-0.25, -0.2) is 8.78 Å². The van der Waals surface area contributed by atoms with Gasteiger partial charge in [0.05, 0.1) is 11.4 Å². The molecule has 0 aromatic heterocycles. The van der Waals surface area contributed by atoms with E-state index in [0.29, 0.717) is 18.3 Å². The van der Waals surface area contributed by atoms with Gasteiger partial charge < -0.3 is 16.0 Å². The van der Waals surface area contributed by atoms with Gasteiger partial charge in [-0.3, -0.25) is 4.90 Å². The summed E-state index contributed by atoms with van der Waals surface area (Å²) in [7, 11) is 4.12. The molecule has 106 valence electrons. The SMILES string of the molecule is CN1CCN(C)C(CNc2cc(F)cc(F)c2N)C1. The lowest BCUT2D eigenvalue weighted by Crippen LogP contribution is -2.52. The van der Waals surface area contributed by atoms with Crippen molar-refractivity contribution in [3.63, 3.8) is 0 Å². The van der Waals surface area contributed by atoms with Crippen molar-refractivity contribution in [2.45, 2.75) is 6.04 Å². The van der Waals surface area contributed by atoms with Crippen molar-refractivity contribution in [2.75, 3.05) is 51.3 Å². The second-order valence-electron chi connectivity index (χ2n) is 5.13. The second-order valence-corrected chi connectivity index (χ2v) is 5.13. The number of halogens is 2. The Morgan fingerprint density at radius 1 is 1.32 bits per heavy atom. The maximum atomic E-state index is 13.3. The van der Waals surface area contributed by atoms with Crippen molar-refractivity contribution >= 4 is 11.4 Å². The Labute approximate surface area is 112 Å². The van der Waals surface area contributed by atoms with Gasteiger partial charge in [-0.2, -0.15) is 0 Å². The van der Waals surface area contributed by atoms with Crippen molar-refractivity contribution in [3.8, 4) is 0 Å². The Morgan fingerprint density at radius 2 is 2.05 bits per heavy atom. The lowest BCUT2D eigenvalue weighted by Gasteiger charge is -2.38.